The Labute approximate surface area is 228 Å². The lowest BCUT2D eigenvalue weighted by molar-refractivity contribution is 0.262. The topological polar surface area (TPSA) is 105 Å². The van der Waals surface area contributed by atoms with Gasteiger partial charge in [-0.3, -0.25) is 9.36 Å². The van der Waals surface area contributed by atoms with E-state index in [0.717, 1.165) is 29.4 Å². The summed E-state index contributed by atoms with van der Waals surface area (Å²) in [7, 11) is 1.60. The molecule has 8 heteroatoms. The van der Waals surface area contributed by atoms with Crippen molar-refractivity contribution in [3.63, 3.8) is 0 Å². The Hall–Kier alpha value is -4.17. The van der Waals surface area contributed by atoms with Crippen LogP contribution in [0.4, 0.5) is 16.2 Å². The van der Waals surface area contributed by atoms with E-state index in [1.54, 1.807) is 23.9 Å². The number of unbranched alkanes of at least 4 members (excludes halogenated alkanes) is 1. The second-order valence-corrected chi connectivity index (χ2v) is 10.5. The molecule has 0 aliphatic carbocycles. The zero-order chi connectivity index (χ0) is 28.2. The van der Waals surface area contributed by atoms with Crippen LogP contribution in [0.1, 0.15) is 51.7 Å². The number of benzene rings is 2. The van der Waals surface area contributed by atoms with Gasteiger partial charge in [0.2, 0.25) is 0 Å². The van der Waals surface area contributed by atoms with Crippen LogP contribution in [0.15, 0.2) is 65.6 Å². The number of carbonyl (C=O) groups is 1. The molecule has 4 aromatic rings. The van der Waals surface area contributed by atoms with Gasteiger partial charge in [-0.1, -0.05) is 58.4 Å². The number of methoxy groups -OCH3 is 1. The Kier molecular flexibility index (Phi) is 8.35. The highest BCUT2D eigenvalue weighted by molar-refractivity contribution is 6.07. The van der Waals surface area contributed by atoms with Crippen LogP contribution in [-0.4, -0.2) is 27.8 Å². The van der Waals surface area contributed by atoms with Crippen molar-refractivity contribution in [2.75, 3.05) is 17.7 Å². The summed E-state index contributed by atoms with van der Waals surface area (Å²) in [6.07, 6.45) is 3.37. The van der Waals surface area contributed by atoms with Crippen molar-refractivity contribution in [3.05, 3.63) is 82.3 Å². The number of hydrogen-bond acceptors (Lipinski definition) is 5. The summed E-state index contributed by atoms with van der Waals surface area (Å²) >= 11 is 0. The highest BCUT2D eigenvalue weighted by atomic mass is 16.5. The molecule has 8 nitrogen and oxygen atoms in total. The SMILES string of the molecule is CCCCn1c(=O)c(NC(=O)Nc2cc(CO)ccc2C(C)(C)C)c(-c2ccc(OC)cc2)c2cccnc21. The summed E-state index contributed by atoms with van der Waals surface area (Å²) in [5.74, 6) is 0.684. The van der Waals surface area contributed by atoms with Gasteiger partial charge in [-0.25, -0.2) is 9.78 Å². The van der Waals surface area contributed by atoms with Gasteiger partial charge in [-0.15, -0.1) is 0 Å². The van der Waals surface area contributed by atoms with Gasteiger partial charge >= 0.3 is 6.03 Å². The van der Waals surface area contributed by atoms with Crippen molar-refractivity contribution in [1.29, 1.82) is 0 Å². The molecule has 2 amide bonds. The zero-order valence-corrected chi connectivity index (χ0v) is 23.2. The first-order chi connectivity index (χ1) is 18.7. The average Bonchev–Trinajstić information content (AvgIpc) is 2.92. The minimum Gasteiger partial charge on any atom is -0.497 e. The predicted octanol–water partition coefficient (Wildman–Crippen LogP) is 6.31. The van der Waals surface area contributed by atoms with Crippen molar-refractivity contribution >= 4 is 28.4 Å². The Morgan fingerprint density at radius 3 is 2.46 bits per heavy atom. The van der Waals surface area contributed by atoms with Gasteiger partial charge in [0.15, 0.2) is 0 Å². The van der Waals surface area contributed by atoms with Gasteiger partial charge in [0.1, 0.15) is 17.1 Å². The number of ether oxygens (including phenoxy) is 1. The van der Waals surface area contributed by atoms with Crippen molar-refractivity contribution < 1.29 is 14.6 Å². The number of aliphatic hydroxyl groups excluding tert-OH is 1. The van der Waals surface area contributed by atoms with E-state index < -0.39 is 6.03 Å². The number of urea groups is 1. The number of aromatic nitrogens is 2. The molecule has 2 aromatic heterocycles. The van der Waals surface area contributed by atoms with E-state index in [0.29, 0.717) is 34.8 Å². The first-order valence-electron chi connectivity index (χ1n) is 13.2. The Morgan fingerprint density at radius 1 is 1.08 bits per heavy atom. The van der Waals surface area contributed by atoms with Crippen molar-refractivity contribution in [3.8, 4) is 16.9 Å². The van der Waals surface area contributed by atoms with Gasteiger partial charge in [0.25, 0.3) is 5.56 Å². The number of fused-ring (bicyclic) bond motifs is 1. The quantitative estimate of drug-likeness (QED) is 0.249. The molecule has 2 heterocycles. The largest absolute Gasteiger partial charge is 0.497 e. The average molecular weight is 529 g/mol. The lowest BCUT2D eigenvalue weighted by atomic mass is 9.85. The van der Waals surface area contributed by atoms with E-state index in [-0.39, 0.29) is 23.3 Å². The molecule has 0 fully saturated rings. The normalized spacial score (nSPS) is 11.4. The molecule has 3 N–H and O–H groups in total. The molecule has 0 saturated heterocycles. The number of hydrogen-bond donors (Lipinski definition) is 3. The molecule has 0 saturated carbocycles. The standard InChI is InChI=1S/C31H36N4O4/c1-6-7-17-35-28-23(9-8-16-32-28)26(21-11-13-22(39-5)14-12-21)27(29(35)37)34-30(38)33-25-18-20(19-36)10-15-24(25)31(2,3)4/h8-16,18,36H,6-7,17,19H2,1-5H3,(H2,33,34,38). The van der Waals surface area contributed by atoms with E-state index >= 15 is 0 Å². The van der Waals surface area contributed by atoms with Gasteiger partial charge in [-0.05, 0) is 58.9 Å². The second-order valence-electron chi connectivity index (χ2n) is 10.5. The van der Waals surface area contributed by atoms with Crippen LogP contribution in [0.25, 0.3) is 22.2 Å². The van der Waals surface area contributed by atoms with E-state index in [4.69, 9.17) is 4.74 Å². The molecule has 39 heavy (non-hydrogen) atoms. The molecule has 204 valence electrons. The van der Waals surface area contributed by atoms with E-state index in [9.17, 15) is 14.7 Å². The van der Waals surface area contributed by atoms with Crippen LogP contribution in [0.5, 0.6) is 5.75 Å². The molecule has 0 radical (unpaired) electrons. The lowest BCUT2D eigenvalue weighted by Gasteiger charge is -2.24. The number of amides is 2. The Balaban J connectivity index is 1.86. The maximum absolute atomic E-state index is 13.9. The third-order valence-corrected chi connectivity index (χ3v) is 6.70. The number of aryl methyl sites for hydroxylation is 1. The highest BCUT2D eigenvalue weighted by Crippen LogP contribution is 2.35. The maximum Gasteiger partial charge on any atom is 0.323 e. The van der Waals surface area contributed by atoms with Crippen LogP contribution in [0.2, 0.25) is 0 Å². The third-order valence-electron chi connectivity index (χ3n) is 6.70. The second kappa shape index (κ2) is 11.7. The minimum absolute atomic E-state index is 0.151. The number of nitrogens with one attached hydrogen (secondary N) is 2. The summed E-state index contributed by atoms with van der Waals surface area (Å²) in [6.45, 7) is 8.54. The van der Waals surface area contributed by atoms with Gasteiger partial charge in [0.05, 0.1) is 13.7 Å². The van der Waals surface area contributed by atoms with Crippen LogP contribution >= 0.6 is 0 Å². The van der Waals surface area contributed by atoms with Crippen molar-refractivity contribution in [2.45, 2.75) is 59.1 Å². The molecule has 0 atom stereocenters. The summed E-state index contributed by atoms with van der Waals surface area (Å²) in [6, 6.07) is 16.1. The van der Waals surface area contributed by atoms with Crippen LogP contribution < -0.4 is 20.9 Å². The summed E-state index contributed by atoms with van der Waals surface area (Å²) in [5.41, 5.74) is 3.66. The van der Waals surface area contributed by atoms with Crippen LogP contribution in [0, 0.1) is 0 Å². The lowest BCUT2D eigenvalue weighted by Crippen LogP contribution is -2.30. The molecule has 0 unspecified atom stereocenters. The van der Waals surface area contributed by atoms with Gasteiger partial charge in [0, 0.05) is 29.4 Å². The molecular formula is C31H36N4O4. The number of aliphatic hydroxyl groups is 1. The monoisotopic (exact) mass is 528 g/mol. The number of nitrogens with zero attached hydrogens (tertiary/aromatic N) is 2. The number of anilines is 2. The molecule has 0 aliphatic rings. The fraction of sp³-hybridized carbons (Fsp3) is 0.323. The smallest absolute Gasteiger partial charge is 0.323 e. The summed E-state index contributed by atoms with van der Waals surface area (Å²) < 4.78 is 6.96. The fourth-order valence-corrected chi connectivity index (χ4v) is 4.69. The molecule has 0 bridgehead atoms. The molecular weight excluding hydrogens is 492 g/mol. The Morgan fingerprint density at radius 2 is 1.82 bits per heavy atom. The summed E-state index contributed by atoms with van der Waals surface area (Å²) in [5, 5.41) is 16.2. The fourth-order valence-electron chi connectivity index (χ4n) is 4.69. The zero-order valence-electron chi connectivity index (χ0n) is 23.2. The van der Waals surface area contributed by atoms with Gasteiger partial charge in [-0.2, -0.15) is 0 Å². The van der Waals surface area contributed by atoms with E-state index in [1.165, 1.54) is 0 Å². The number of rotatable bonds is 8. The van der Waals surface area contributed by atoms with Crippen LogP contribution in [-0.2, 0) is 18.6 Å². The molecule has 4 rings (SSSR count). The first-order valence-corrected chi connectivity index (χ1v) is 13.2. The van der Waals surface area contributed by atoms with E-state index in [2.05, 4.69) is 43.3 Å². The maximum atomic E-state index is 13.9. The van der Waals surface area contributed by atoms with Crippen molar-refractivity contribution in [1.82, 2.24) is 9.55 Å². The van der Waals surface area contributed by atoms with Crippen molar-refractivity contribution in [2.24, 2.45) is 0 Å². The minimum atomic E-state index is -0.548. The Bertz CT molecular complexity index is 1540. The van der Waals surface area contributed by atoms with Gasteiger partial charge < -0.3 is 20.5 Å². The molecule has 0 spiro atoms. The predicted molar refractivity (Wildman–Crippen MR) is 157 cm³/mol. The third kappa shape index (κ3) is 5.96. The number of pyridine rings is 2. The highest BCUT2D eigenvalue weighted by Gasteiger charge is 2.23. The number of carbonyl (C=O) groups excluding carboxylic acids is 1. The van der Waals surface area contributed by atoms with E-state index in [1.807, 2.05) is 48.5 Å². The molecule has 0 aliphatic heterocycles. The first kappa shape index (κ1) is 27.9. The summed E-state index contributed by atoms with van der Waals surface area (Å²) in [4.78, 5) is 32.0. The van der Waals surface area contributed by atoms with Crippen LogP contribution in [0.3, 0.4) is 0 Å². The molecule has 2 aromatic carbocycles.